The zero-order valence-electron chi connectivity index (χ0n) is 19.6. The van der Waals surface area contributed by atoms with Crippen LogP contribution in [0.3, 0.4) is 0 Å². The van der Waals surface area contributed by atoms with Crippen LogP contribution in [-0.2, 0) is 11.3 Å². The molecule has 0 saturated carbocycles. The van der Waals surface area contributed by atoms with E-state index in [2.05, 4.69) is 32.7 Å². The molecule has 3 N–H and O–H groups in total. The normalized spacial score (nSPS) is 16.9. The Morgan fingerprint density at radius 3 is 2.65 bits per heavy atom. The number of carboxylic acids is 1. The summed E-state index contributed by atoms with van der Waals surface area (Å²) in [4.78, 5) is 33.5. The highest BCUT2D eigenvalue weighted by Crippen LogP contribution is 2.37. The number of nitrogens with zero attached hydrogens (tertiary/aromatic N) is 3. The van der Waals surface area contributed by atoms with E-state index in [1.165, 1.54) is 22.2 Å². The average molecular weight is 500 g/mol. The number of nitrogens with one attached hydrogen (secondary N) is 2. The molecule has 1 aliphatic rings. The first-order valence-electron chi connectivity index (χ1n) is 10.8. The van der Waals surface area contributed by atoms with Gasteiger partial charge in [0.25, 0.3) is 0 Å². The number of likely N-dealkylation sites (N-methyl/N-ethyl adjacent to an activating group) is 1. The summed E-state index contributed by atoms with van der Waals surface area (Å²) < 4.78 is 0. The van der Waals surface area contributed by atoms with Gasteiger partial charge in [0.15, 0.2) is 5.11 Å². The molecule has 1 aromatic carbocycles. The molecule has 0 spiro atoms. The maximum absolute atomic E-state index is 13.4. The summed E-state index contributed by atoms with van der Waals surface area (Å²) in [6.07, 6.45) is 3.50. The fraction of sp³-hybridized carbons (Fsp3) is 0.333. The zero-order valence-corrected chi connectivity index (χ0v) is 21.2. The molecule has 0 saturated heterocycles. The molecule has 0 bridgehead atoms. The Bertz CT molecular complexity index is 1090. The minimum Gasteiger partial charge on any atom is -0.478 e. The van der Waals surface area contributed by atoms with Crippen LogP contribution in [0.15, 0.2) is 65.0 Å². The number of thiocarbonyl (C=S) groups is 1. The Morgan fingerprint density at radius 1 is 1.29 bits per heavy atom. The summed E-state index contributed by atoms with van der Waals surface area (Å²) in [6, 6.07) is 12.0. The Labute approximate surface area is 209 Å². The number of rotatable bonds is 8. The molecular weight excluding hydrogens is 470 g/mol. The average Bonchev–Trinajstić information content (AvgIpc) is 2.78. The number of benzene rings is 1. The highest BCUT2D eigenvalue weighted by Gasteiger charge is 2.41. The summed E-state index contributed by atoms with van der Waals surface area (Å²) in [6.45, 7) is 4.90. The number of hydrogen-bond donors (Lipinski definition) is 3. The van der Waals surface area contributed by atoms with Gasteiger partial charge in [-0.3, -0.25) is 4.90 Å². The molecule has 180 valence electrons. The van der Waals surface area contributed by atoms with Crippen molar-refractivity contribution in [2.24, 2.45) is 0 Å². The van der Waals surface area contributed by atoms with Crippen LogP contribution >= 0.6 is 24.0 Å². The molecule has 3 rings (SSSR count). The standard InChI is InChI=1S/C24H29N5O3S2/c1-15(13-28(3)14-17-9-6-5-7-10-17)26-23(32)29-20(18-11-8-12-25-21(18)34-4)19(22(30)31)16(2)27-24(29)33/h5-12,15,20H,13-14H2,1-4H3,(H,26,32)(H,27,33)(H,30,31). The molecule has 1 aliphatic heterocycles. The minimum atomic E-state index is -1.12. The van der Waals surface area contributed by atoms with Gasteiger partial charge in [0.05, 0.1) is 5.57 Å². The first-order chi connectivity index (χ1) is 16.2. The summed E-state index contributed by atoms with van der Waals surface area (Å²) in [5.41, 5.74) is 2.25. The van der Waals surface area contributed by atoms with E-state index in [1.807, 2.05) is 38.4 Å². The number of amides is 2. The fourth-order valence-corrected chi connectivity index (χ4v) is 4.98. The number of thioether (sulfide) groups is 1. The smallest absolute Gasteiger partial charge is 0.335 e. The van der Waals surface area contributed by atoms with E-state index in [0.29, 0.717) is 22.8 Å². The Kier molecular flexibility index (Phi) is 8.65. The predicted molar refractivity (Wildman–Crippen MR) is 137 cm³/mol. The second kappa shape index (κ2) is 11.5. The number of aromatic nitrogens is 1. The van der Waals surface area contributed by atoms with Gasteiger partial charge in [0.1, 0.15) is 11.1 Å². The maximum Gasteiger partial charge on any atom is 0.335 e. The van der Waals surface area contributed by atoms with Crippen molar-refractivity contribution >= 4 is 41.1 Å². The molecule has 0 aliphatic carbocycles. The molecule has 0 fully saturated rings. The Hall–Kier alpha value is -2.95. The van der Waals surface area contributed by atoms with Gasteiger partial charge >= 0.3 is 12.0 Å². The number of hydrogen-bond acceptors (Lipinski definition) is 6. The topological polar surface area (TPSA) is 97.8 Å². The van der Waals surface area contributed by atoms with Crippen LogP contribution in [0.25, 0.3) is 0 Å². The molecular formula is C24H29N5O3S2. The van der Waals surface area contributed by atoms with Gasteiger partial charge in [-0.1, -0.05) is 36.4 Å². The molecule has 2 amide bonds. The number of allylic oxidation sites excluding steroid dienone is 1. The molecule has 2 heterocycles. The lowest BCUT2D eigenvalue weighted by atomic mass is 9.95. The Balaban J connectivity index is 1.84. The van der Waals surface area contributed by atoms with E-state index in [1.54, 1.807) is 25.3 Å². The Morgan fingerprint density at radius 2 is 2.00 bits per heavy atom. The molecule has 2 atom stereocenters. The quantitative estimate of drug-likeness (QED) is 0.374. The second-order valence-corrected chi connectivity index (χ2v) is 9.36. The van der Waals surface area contributed by atoms with Crippen molar-refractivity contribution in [1.29, 1.82) is 0 Å². The van der Waals surface area contributed by atoms with E-state index in [0.717, 1.165) is 6.54 Å². The first kappa shape index (κ1) is 25.7. The van der Waals surface area contributed by atoms with E-state index in [4.69, 9.17) is 12.2 Å². The van der Waals surface area contributed by atoms with Crippen molar-refractivity contribution in [3.8, 4) is 0 Å². The third-order valence-corrected chi connectivity index (χ3v) is 6.46. The van der Waals surface area contributed by atoms with Crippen molar-refractivity contribution in [2.75, 3.05) is 19.8 Å². The molecule has 1 aromatic heterocycles. The molecule has 0 radical (unpaired) electrons. The second-order valence-electron chi connectivity index (χ2n) is 8.18. The minimum absolute atomic E-state index is 0.0564. The van der Waals surface area contributed by atoms with Crippen LogP contribution in [0.2, 0.25) is 0 Å². The highest BCUT2D eigenvalue weighted by atomic mass is 32.2. The molecule has 2 unspecified atom stereocenters. The van der Waals surface area contributed by atoms with E-state index < -0.39 is 18.0 Å². The van der Waals surface area contributed by atoms with Crippen molar-refractivity contribution < 1.29 is 14.7 Å². The van der Waals surface area contributed by atoms with Crippen molar-refractivity contribution in [3.63, 3.8) is 0 Å². The number of carbonyl (C=O) groups excluding carboxylic acids is 1. The molecule has 34 heavy (non-hydrogen) atoms. The fourth-order valence-electron chi connectivity index (χ4n) is 4.06. The summed E-state index contributed by atoms with van der Waals surface area (Å²) in [7, 11) is 1.99. The van der Waals surface area contributed by atoms with Gasteiger partial charge in [-0.05, 0) is 51.0 Å². The van der Waals surface area contributed by atoms with Gasteiger partial charge in [-0.2, -0.15) is 0 Å². The molecule has 8 nitrogen and oxygen atoms in total. The van der Waals surface area contributed by atoms with Gasteiger partial charge < -0.3 is 20.6 Å². The van der Waals surface area contributed by atoms with Crippen LogP contribution < -0.4 is 10.6 Å². The SMILES string of the molecule is CSc1ncccc1C1C(C(=O)O)=C(C)NC(=S)N1C(=O)NC(C)CN(C)Cc1ccccc1. The number of carbonyl (C=O) groups is 2. The third kappa shape index (κ3) is 5.94. The van der Waals surface area contributed by atoms with E-state index in [-0.39, 0.29) is 16.7 Å². The third-order valence-electron chi connectivity index (χ3n) is 5.44. The summed E-state index contributed by atoms with van der Waals surface area (Å²) >= 11 is 6.88. The van der Waals surface area contributed by atoms with Crippen LogP contribution in [-0.4, -0.2) is 62.9 Å². The van der Waals surface area contributed by atoms with E-state index >= 15 is 0 Å². The number of carboxylic acid groups (broad SMARTS) is 1. The number of urea groups is 1. The van der Waals surface area contributed by atoms with Gasteiger partial charge in [-0.15, -0.1) is 11.8 Å². The maximum atomic E-state index is 13.4. The van der Waals surface area contributed by atoms with Crippen LogP contribution in [0.5, 0.6) is 0 Å². The van der Waals surface area contributed by atoms with Crippen molar-refractivity contribution in [1.82, 2.24) is 25.4 Å². The summed E-state index contributed by atoms with van der Waals surface area (Å²) in [5.74, 6) is -1.12. The molecule has 10 heteroatoms. The zero-order chi connectivity index (χ0) is 24.8. The lowest BCUT2D eigenvalue weighted by Crippen LogP contribution is -2.56. The summed E-state index contributed by atoms with van der Waals surface area (Å²) in [5, 5.41) is 16.6. The first-order valence-corrected chi connectivity index (χ1v) is 12.4. The predicted octanol–water partition coefficient (Wildman–Crippen LogP) is 3.62. The largest absolute Gasteiger partial charge is 0.478 e. The van der Waals surface area contributed by atoms with Crippen molar-refractivity contribution in [2.45, 2.75) is 37.5 Å². The van der Waals surface area contributed by atoms with Gasteiger partial charge in [0, 0.05) is 36.6 Å². The van der Waals surface area contributed by atoms with Crippen LogP contribution in [0, 0.1) is 0 Å². The van der Waals surface area contributed by atoms with Crippen LogP contribution in [0.1, 0.15) is 31.0 Å². The number of pyridine rings is 1. The van der Waals surface area contributed by atoms with Crippen LogP contribution in [0.4, 0.5) is 4.79 Å². The lowest BCUT2D eigenvalue weighted by molar-refractivity contribution is -0.133. The van der Waals surface area contributed by atoms with Gasteiger partial charge in [-0.25, -0.2) is 14.6 Å². The van der Waals surface area contributed by atoms with Crippen molar-refractivity contribution in [3.05, 3.63) is 71.1 Å². The highest BCUT2D eigenvalue weighted by molar-refractivity contribution is 7.98. The number of aliphatic carboxylic acids is 1. The molecule has 2 aromatic rings. The lowest BCUT2D eigenvalue weighted by Gasteiger charge is -2.38. The van der Waals surface area contributed by atoms with E-state index in [9.17, 15) is 14.7 Å². The van der Waals surface area contributed by atoms with Gasteiger partial charge in [0.2, 0.25) is 0 Å². The monoisotopic (exact) mass is 499 g/mol.